The van der Waals surface area contributed by atoms with Gasteiger partial charge in [-0.3, -0.25) is 4.79 Å². The van der Waals surface area contributed by atoms with Crippen LogP contribution in [-0.4, -0.2) is 17.0 Å². The lowest BCUT2D eigenvalue weighted by Gasteiger charge is -2.09. The molecule has 21 heavy (non-hydrogen) atoms. The summed E-state index contributed by atoms with van der Waals surface area (Å²) >= 11 is 9.04. The van der Waals surface area contributed by atoms with Crippen LogP contribution in [-0.2, 0) is 0 Å². The minimum absolute atomic E-state index is 0.0376. The van der Waals surface area contributed by atoms with Crippen molar-refractivity contribution < 1.29 is 19.1 Å². The summed E-state index contributed by atoms with van der Waals surface area (Å²) in [6.07, 6.45) is 0. The number of hydrogen-bond donors (Lipinski definition) is 2. The van der Waals surface area contributed by atoms with Crippen molar-refractivity contribution in [3.63, 3.8) is 0 Å². The molecule has 0 bridgehead atoms. The van der Waals surface area contributed by atoms with E-state index in [1.165, 1.54) is 30.3 Å². The van der Waals surface area contributed by atoms with Crippen molar-refractivity contribution in [1.82, 2.24) is 0 Å². The molecule has 4 nitrogen and oxygen atoms in total. The van der Waals surface area contributed by atoms with E-state index in [0.717, 1.165) is 6.07 Å². The monoisotopic (exact) mass is 371 g/mol. The highest BCUT2D eigenvalue weighted by atomic mass is 79.9. The first-order valence-corrected chi connectivity index (χ1v) is 6.85. The van der Waals surface area contributed by atoms with Crippen LogP contribution >= 0.6 is 27.5 Å². The molecule has 108 valence electrons. The summed E-state index contributed by atoms with van der Waals surface area (Å²) in [5.41, 5.74) is -0.119. The van der Waals surface area contributed by atoms with Gasteiger partial charge in [0.15, 0.2) is 0 Å². The predicted molar refractivity (Wildman–Crippen MR) is 80.5 cm³/mol. The summed E-state index contributed by atoms with van der Waals surface area (Å²) < 4.78 is 14.2. The van der Waals surface area contributed by atoms with Gasteiger partial charge in [-0.1, -0.05) is 27.5 Å². The van der Waals surface area contributed by atoms with Crippen LogP contribution in [0, 0.1) is 5.82 Å². The molecule has 0 heterocycles. The van der Waals surface area contributed by atoms with Crippen molar-refractivity contribution in [2.24, 2.45) is 0 Å². The molecule has 1 amide bonds. The zero-order valence-corrected chi connectivity index (χ0v) is 12.7. The standard InChI is InChI=1S/C14H8BrClFNO3/c15-8-2-4-11(17)9(6-8)13(19)18-12-5-7(14(20)21)1-3-10(12)16/h1-6H,(H,18,19)(H,20,21). The van der Waals surface area contributed by atoms with Crippen LogP contribution in [0.15, 0.2) is 40.9 Å². The van der Waals surface area contributed by atoms with Gasteiger partial charge in [0.1, 0.15) is 5.82 Å². The quantitative estimate of drug-likeness (QED) is 0.849. The van der Waals surface area contributed by atoms with E-state index in [9.17, 15) is 14.0 Å². The molecule has 0 saturated carbocycles. The minimum Gasteiger partial charge on any atom is -0.478 e. The fourth-order valence-electron chi connectivity index (χ4n) is 1.62. The molecule has 0 aliphatic heterocycles. The van der Waals surface area contributed by atoms with Crippen molar-refractivity contribution in [3.05, 3.63) is 62.8 Å². The van der Waals surface area contributed by atoms with Crippen molar-refractivity contribution in [2.75, 3.05) is 5.32 Å². The summed E-state index contributed by atoms with van der Waals surface area (Å²) in [5.74, 6) is -2.57. The molecule has 7 heteroatoms. The molecule has 0 aromatic heterocycles. The van der Waals surface area contributed by atoms with Crippen molar-refractivity contribution in [1.29, 1.82) is 0 Å². The molecule has 0 radical (unpaired) electrons. The molecule has 2 N–H and O–H groups in total. The van der Waals surface area contributed by atoms with Crippen molar-refractivity contribution >= 4 is 45.1 Å². The van der Waals surface area contributed by atoms with Gasteiger partial charge in [-0.25, -0.2) is 9.18 Å². The molecular weight excluding hydrogens is 365 g/mol. The average molecular weight is 373 g/mol. The molecule has 0 aliphatic carbocycles. The minimum atomic E-state index is -1.16. The van der Waals surface area contributed by atoms with Crippen LogP contribution in [0.1, 0.15) is 20.7 Å². The number of carbonyl (C=O) groups is 2. The highest BCUT2D eigenvalue weighted by Crippen LogP contribution is 2.24. The maximum atomic E-state index is 13.6. The normalized spacial score (nSPS) is 10.2. The number of amides is 1. The topological polar surface area (TPSA) is 66.4 Å². The summed E-state index contributed by atoms with van der Waals surface area (Å²) in [7, 11) is 0. The Morgan fingerprint density at radius 2 is 1.90 bits per heavy atom. The Balaban J connectivity index is 2.33. The first kappa shape index (κ1) is 15.5. The van der Waals surface area contributed by atoms with E-state index in [1.54, 1.807) is 0 Å². The van der Waals surface area contributed by atoms with E-state index in [-0.39, 0.29) is 21.8 Å². The molecule has 0 saturated heterocycles. The molecule has 0 atom stereocenters. The SMILES string of the molecule is O=C(O)c1ccc(Cl)c(NC(=O)c2cc(Br)ccc2F)c1. The second-order valence-corrected chi connectivity index (χ2v) is 5.40. The Hall–Kier alpha value is -1.92. The van der Waals surface area contributed by atoms with E-state index >= 15 is 0 Å². The lowest BCUT2D eigenvalue weighted by Crippen LogP contribution is -2.14. The van der Waals surface area contributed by atoms with Gasteiger partial charge in [0.2, 0.25) is 0 Å². The predicted octanol–water partition coefficient (Wildman–Crippen LogP) is 4.19. The fraction of sp³-hybridized carbons (Fsp3) is 0. The van der Waals surface area contributed by atoms with Gasteiger partial charge >= 0.3 is 5.97 Å². The lowest BCUT2D eigenvalue weighted by atomic mass is 10.1. The number of hydrogen-bond acceptors (Lipinski definition) is 2. The van der Waals surface area contributed by atoms with Crippen LogP contribution < -0.4 is 5.32 Å². The second kappa shape index (κ2) is 6.24. The van der Waals surface area contributed by atoms with Gasteiger partial charge in [-0.2, -0.15) is 0 Å². The number of benzene rings is 2. The second-order valence-electron chi connectivity index (χ2n) is 4.08. The zero-order chi connectivity index (χ0) is 15.6. The zero-order valence-electron chi connectivity index (χ0n) is 10.4. The number of carbonyl (C=O) groups excluding carboxylic acids is 1. The molecule has 0 unspecified atom stereocenters. The maximum absolute atomic E-state index is 13.6. The molecule has 0 fully saturated rings. The molecule has 0 spiro atoms. The number of rotatable bonds is 3. The van der Waals surface area contributed by atoms with Crippen molar-refractivity contribution in [2.45, 2.75) is 0 Å². The number of aromatic carboxylic acids is 1. The average Bonchev–Trinajstić information content (AvgIpc) is 2.43. The Labute approximate surface area is 132 Å². The van der Waals surface area contributed by atoms with E-state index in [0.29, 0.717) is 4.47 Å². The molecule has 2 rings (SSSR count). The van der Waals surface area contributed by atoms with Gasteiger partial charge < -0.3 is 10.4 Å². The van der Waals surface area contributed by atoms with E-state index < -0.39 is 17.7 Å². The molecule has 2 aromatic rings. The fourth-order valence-corrected chi connectivity index (χ4v) is 2.14. The lowest BCUT2D eigenvalue weighted by molar-refractivity contribution is 0.0696. The third-order valence-corrected chi connectivity index (χ3v) is 3.46. The number of nitrogens with one attached hydrogen (secondary N) is 1. The number of halogens is 3. The maximum Gasteiger partial charge on any atom is 0.335 e. The first-order chi connectivity index (χ1) is 9.88. The van der Waals surface area contributed by atoms with Crippen LogP contribution in [0.3, 0.4) is 0 Å². The van der Waals surface area contributed by atoms with Gasteiger partial charge in [0.05, 0.1) is 21.8 Å². The van der Waals surface area contributed by atoms with E-state index in [4.69, 9.17) is 16.7 Å². The smallest absolute Gasteiger partial charge is 0.335 e. The Kier molecular flexibility index (Phi) is 4.59. The number of carboxylic acid groups (broad SMARTS) is 1. The number of carboxylic acids is 1. The van der Waals surface area contributed by atoms with Crippen LogP contribution in [0.2, 0.25) is 5.02 Å². The van der Waals surface area contributed by atoms with Crippen LogP contribution in [0.25, 0.3) is 0 Å². The van der Waals surface area contributed by atoms with E-state index in [1.807, 2.05) is 0 Å². The Morgan fingerprint density at radius 3 is 2.57 bits per heavy atom. The van der Waals surface area contributed by atoms with Crippen molar-refractivity contribution in [3.8, 4) is 0 Å². The number of anilines is 1. The highest BCUT2D eigenvalue weighted by Gasteiger charge is 2.15. The Bertz CT molecular complexity index is 736. The highest BCUT2D eigenvalue weighted by molar-refractivity contribution is 9.10. The Morgan fingerprint density at radius 1 is 1.19 bits per heavy atom. The van der Waals surface area contributed by atoms with Gasteiger partial charge in [-0.05, 0) is 36.4 Å². The van der Waals surface area contributed by atoms with Gasteiger partial charge in [-0.15, -0.1) is 0 Å². The molecule has 2 aromatic carbocycles. The van der Waals surface area contributed by atoms with Crippen LogP contribution in [0.4, 0.5) is 10.1 Å². The van der Waals surface area contributed by atoms with Gasteiger partial charge in [0.25, 0.3) is 5.91 Å². The summed E-state index contributed by atoms with van der Waals surface area (Å²) in [6.45, 7) is 0. The van der Waals surface area contributed by atoms with Gasteiger partial charge in [0, 0.05) is 4.47 Å². The van der Waals surface area contributed by atoms with E-state index in [2.05, 4.69) is 21.2 Å². The third-order valence-electron chi connectivity index (χ3n) is 2.63. The largest absolute Gasteiger partial charge is 0.478 e. The van der Waals surface area contributed by atoms with Crippen LogP contribution in [0.5, 0.6) is 0 Å². The summed E-state index contributed by atoms with van der Waals surface area (Å²) in [4.78, 5) is 22.9. The molecule has 0 aliphatic rings. The first-order valence-electron chi connectivity index (χ1n) is 5.67. The third kappa shape index (κ3) is 3.59. The summed E-state index contributed by atoms with van der Waals surface area (Å²) in [5, 5.41) is 11.5. The summed E-state index contributed by atoms with van der Waals surface area (Å²) in [6, 6.07) is 7.79. The molecular formula is C14H8BrClFNO3.